The molecule has 1 amide bonds. The van der Waals surface area contributed by atoms with Crippen LogP contribution >= 0.6 is 23.4 Å². The second-order valence-electron chi connectivity index (χ2n) is 6.81. The van der Waals surface area contributed by atoms with Crippen molar-refractivity contribution in [1.82, 2.24) is 9.55 Å². The number of fused-ring (bicyclic) bond motifs is 3. The minimum atomic E-state index is -0.264. The van der Waals surface area contributed by atoms with Gasteiger partial charge in [0.05, 0.1) is 18.6 Å². The Morgan fingerprint density at radius 3 is 2.87 bits per heavy atom. The molecule has 0 aliphatic heterocycles. The van der Waals surface area contributed by atoms with Crippen LogP contribution in [0.1, 0.15) is 13.3 Å². The van der Waals surface area contributed by atoms with E-state index >= 15 is 0 Å². The van der Waals surface area contributed by atoms with E-state index in [0.29, 0.717) is 39.3 Å². The highest BCUT2D eigenvalue weighted by Gasteiger charge is 2.18. The Morgan fingerprint density at radius 1 is 1.29 bits per heavy atom. The number of ether oxygens (including phenoxy) is 1. The third-order valence-electron chi connectivity index (χ3n) is 4.66. The van der Waals surface area contributed by atoms with Crippen molar-refractivity contribution < 1.29 is 13.9 Å². The Bertz CT molecular complexity index is 1330. The zero-order valence-corrected chi connectivity index (χ0v) is 18.5. The van der Waals surface area contributed by atoms with Crippen LogP contribution in [0.15, 0.2) is 56.8 Å². The Labute approximate surface area is 187 Å². The number of hydrogen-bond acceptors (Lipinski definition) is 6. The molecule has 0 saturated heterocycles. The minimum Gasteiger partial charge on any atom is -0.495 e. The molecule has 7 nitrogen and oxygen atoms in total. The monoisotopic (exact) mass is 457 g/mol. The fraction of sp³-hybridized carbons (Fsp3) is 0.227. The molecule has 4 aromatic rings. The summed E-state index contributed by atoms with van der Waals surface area (Å²) in [6.07, 6.45) is 0.743. The number of thioether (sulfide) groups is 1. The van der Waals surface area contributed by atoms with Crippen LogP contribution in [0.3, 0.4) is 0 Å². The Hall–Kier alpha value is -2.97. The van der Waals surface area contributed by atoms with E-state index in [-0.39, 0.29) is 22.8 Å². The largest absolute Gasteiger partial charge is 0.495 e. The van der Waals surface area contributed by atoms with Gasteiger partial charge in [0.15, 0.2) is 5.16 Å². The highest BCUT2D eigenvalue weighted by Crippen LogP contribution is 2.29. The highest BCUT2D eigenvalue weighted by molar-refractivity contribution is 7.99. The molecular formula is C22H20ClN3O4S. The number of anilines is 1. The van der Waals surface area contributed by atoms with Gasteiger partial charge in [-0.25, -0.2) is 4.98 Å². The summed E-state index contributed by atoms with van der Waals surface area (Å²) in [4.78, 5) is 30.3. The number of halogens is 1. The molecule has 0 bridgehead atoms. The number of aromatic nitrogens is 2. The predicted octanol–water partition coefficient (Wildman–Crippen LogP) is 4.95. The Balaban J connectivity index is 1.64. The van der Waals surface area contributed by atoms with Crippen LogP contribution in [0.4, 0.5) is 5.69 Å². The van der Waals surface area contributed by atoms with Crippen LogP contribution in [0.25, 0.3) is 22.1 Å². The lowest BCUT2D eigenvalue weighted by Gasteiger charge is -2.12. The first-order valence-corrected chi connectivity index (χ1v) is 11.1. The van der Waals surface area contributed by atoms with Gasteiger partial charge in [-0.1, -0.05) is 42.4 Å². The number of amides is 1. The second-order valence-corrected chi connectivity index (χ2v) is 8.19. The summed E-state index contributed by atoms with van der Waals surface area (Å²) in [5.41, 5.74) is 1.58. The first kappa shape index (κ1) is 21.3. The van der Waals surface area contributed by atoms with Crippen molar-refractivity contribution in [3.05, 3.63) is 57.8 Å². The molecule has 0 aliphatic rings. The summed E-state index contributed by atoms with van der Waals surface area (Å²) in [5, 5.41) is 4.53. The molecule has 0 spiro atoms. The third kappa shape index (κ3) is 4.26. The molecule has 0 unspecified atom stereocenters. The lowest BCUT2D eigenvalue weighted by atomic mass is 10.2. The first-order valence-electron chi connectivity index (χ1n) is 9.70. The summed E-state index contributed by atoms with van der Waals surface area (Å²) >= 11 is 7.22. The van der Waals surface area contributed by atoms with Gasteiger partial charge in [-0.15, -0.1) is 0 Å². The van der Waals surface area contributed by atoms with Gasteiger partial charge in [-0.05, 0) is 36.8 Å². The topological polar surface area (TPSA) is 86.4 Å². The van der Waals surface area contributed by atoms with Gasteiger partial charge in [0.1, 0.15) is 16.8 Å². The number of carbonyl (C=O) groups excluding carboxylic acids is 1. The molecule has 2 heterocycles. The summed E-state index contributed by atoms with van der Waals surface area (Å²) in [6, 6.07) is 12.4. The summed E-state index contributed by atoms with van der Waals surface area (Å²) in [6.45, 7) is 2.45. The van der Waals surface area contributed by atoms with Crippen molar-refractivity contribution >= 4 is 57.0 Å². The number of nitrogens with zero attached hydrogens (tertiary/aromatic N) is 2. The molecule has 2 aromatic heterocycles. The van der Waals surface area contributed by atoms with E-state index in [2.05, 4.69) is 10.3 Å². The van der Waals surface area contributed by atoms with Crippen LogP contribution in [0.2, 0.25) is 5.02 Å². The summed E-state index contributed by atoms with van der Waals surface area (Å²) in [7, 11) is 1.52. The number of hydrogen-bond donors (Lipinski definition) is 1. The van der Waals surface area contributed by atoms with Crippen LogP contribution in [-0.4, -0.2) is 28.3 Å². The molecule has 4 rings (SSSR count). The maximum Gasteiger partial charge on any atom is 0.297 e. The van der Waals surface area contributed by atoms with E-state index in [1.165, 1.54) is 18.9 Å². The standard InChI is InChI=1S/C22H20ClN3O4S/c1-3-10-26-21(28)20-19(14-6-4-5-7-16(14)30-20)25-22(26)31-12-18(27)24-15-11-13(23)8-9-17(15)29-2/h4-9,11H,3,10,12H2,1-2H3,(H,24,27). The molecule has 2 aromatic carbocycles. The van der Waals surface area contributed by atoms with Crippen molar-refractivity contribution in [3.8, 4) is 5.75 Å². The molecular weight excluding hydrogens is 438 g/mol. The minimum absolute atomic E-state index is 0.0626. The van der Waals surface area contributed by atoms with Crippen molar-refractivity contribution in [2.75, 3.05) is 18.2 Å². The van der Waals surface area contributed by atoms with Crippen LogP contribution in [0.5, 0.6) is 5.75 Å². The van der Waals surface area contributed by atoms with E-state index in [1.54, 1.807) is 28.8 Å². The molecule has 9 heteroatoms. The quantitative estimate of drug-likeness (QED) is 0.312. The predicted molar refractivity (Wildman–Crippen MR) is 123 cm³/mol. The average Bonchev–Trinajstić information content (AvgIpc) is 3.14. The van der Waals surface area contributed by atoms with Crippen molar-refractivity contribution in [2.45, 2.75) is 25.0 Å². The molecule has 0 aliphatic carbocycles. The molecule has 0 fully saturated rings. The number of furan rings is 1. The highest BCUT2D eigenvalue weighted by atomic mass is 35.5. The number of methoxy groups -OCH3 is 1. The lowest BCUT2D eigenvalue weighted by Crippen LogP contribution is -2.23. The maximum atomic E-state index is 13.0. The van der Waals surface area contributed by atoms with Gasteiger partial charge < -0.3 is 14.5 Å². The fourth-order valence-corrected chi connectivity index (χ4v) is 4.27. The SMILES string of the molecule is CCCn1c(SCC(=O)Nc2cc(Cl)ccc2OC)nc2c(oc3ccccc32)c1=O. The first-order chi connectivity index (χ1) is 15.0. The van der Waals surface area contributed by atoms with Gasteiger partial charge >= 0.3 is 0 Å². The smallest absolute Gasteiger partial charge is 0.297 e. The van der Waals surface area contributed by atoms with Crippen LogP contribution in [0, 0.1) is 0 Å². The zero-order valence-electron chi connectivity index (χ0n) is 17.0. The van der Waals surface area contributed by atoms with E-state index in [0.717, 1.165) is 11.8 Å². The molecule has 0 radical (unpaired) electrons. The number of para-hydroxylation sites is 1. The van der Waals surface area contributed by atoms with E-state index in [9.17, 15) is 9.59 Å². The molecule has 1 N–H and O–H groups in total. The van der Waals surface area contributed by atoms with Crippen molar-refractivity contribution in [3.63, 3.8) is 0 Å². The Morgan fingerprint density at radius 2 is 2.10 bits per heavy atom. The third-order valence-corrected chi connectivity index (χ3v) is 5.87. The molecule has 160 valence electrons. The Kier molecular flexibility index (Phi) is 6.20. The number of rotatable bonds is 7. The van der Waals surface area contributed by atoms with Gasteiger partial charge in [0.2, 0.25) is 11.5 Å². The molecule has 0 atom stereocenters. The second kappa shape index (κ2) is 9.03. The molecule has 0 saturated carbocycles. The van der Waals surface area contributed by atoms with E-state index in [4.69, 9.17) is 20.8 Å². The zero-order chi connectivity index (χ0) is 22.0. The van der Waals surface area contributed by atoms with Crippen molar-refractivity contribution in [2.24, 2.45) is 0 Å². The van der Waals surface area contributed by atoms with Crippen LogP contribution in [-0.2, 0) is 11.3 Å². The van der Waals surface area contributed by atoms with Gasteiger partial charge in [0, 0.05) is 17.0 Å². The maximum absolute atomic E-state index is 13.0. The molecule has 31 heavy (non-hydrogen) atoms. The summed E-state index contributed by atoms with van der Waals surface area (Å²) in [5.74, 6) is 0.308. The fourth-order valence-electron chi connectivity index (χ4n) is 3.28. The van der Waals surface area contributed by atoms with Gasteiger partial charge in [-0.2, -0.15) is 0 Å². The van der Waals surface area contributed by atoms with Gasteiger partial charge in [-0.3, -0.25) is 14.2 Å². The summed E-state index contributed by atoms with van der Waals surface area (Å²) < 4.78 is 12.6. The van der Waals surface area contributed by atoms with E-state index in [1.807, 2.05) is 25.1 Å². The number of benzene rings is 2. The van der Waals surface area contributed by atoms with Crippen LogP contribution < -0.4 is 15.6 Å². The van der Waals surface area contributed by atoms with Gasteiger partial charge in [0.25, 0.3) is 5.56 Å². The average molecular weight is 458 g/mol. The number of carbonyl (C=O) groups is 1. The van der Waals surface area contributed by atoms with E-state index < -0.39 is 0 Å². The van der Waals surface area contributed by atoms with Crippen molar-refractivity contribution in [1.29, 1.82) is 0 Å². The number of nitrogens with one attached hydrogen (secondary N) is 1. The normalized spacial score (nSPS) is 11.2. The lowest BCUT2D eigenvalue weighted by molar-refractivity contribution is -0.113.